The summed E-state index contributed by atoms with van der Waals surface area (Å²) in [4.78, 5) is 21.2. The van der Waals surface area contributed by atoms with Crippen molar-refractivity contribution in [2.24, 2.45) is 0 Å². The van der Waals surface area contributed by atoms with E-state index in [9.17, 15) is 9.59 Å². The first-order valence-electron chi connectivity index (χ1n) is 3.79. The molecule has 0 atom stereocenters. The molecule has 2 N–H and O–H groups in total. The first-order chi connectivity index (χ1) is 6.04. The molecule has 0 aliphatic rings. The second kappa shape index (κ2) is 5.59. The van der Waals surface area contributed by atoms with Crippen molar-refractivity contribution in [3.8, 4) is 0 Å². The quantitative estimate of drug-likeness (QED) is 0.528. The number of carboxylic acids is 2. The van der Waals surface area contributed by atoms with E-state index in [4.69, 9.17) is 21.8 Å². The number of rotatable bonds is 5. The maximum atomic E-state index is 10.6. The lowest BCUT2D eigenvalue weighted by Gasteiger charge is -2.04. The molecule has 0 aliphatic carbocycles. The molecule has 13 heavy (non-hydrogen) atoms. The minimum absolute atomic E-state index is 0.0758. The van der Waals surface area contributed by atoms with Crippen molar-refractivity contribution in [1.29, 1.82) is 0 Å². The molecule has 0 aromatic heterocycles. The Kier molecular flexibility index (Phi) is 5.14. The third-order valence-corrected chi connectivity index (χ3v) is 1.77. The van der Waals surface area contributed by atoms with Gasteiger partial charge in [-0.15, -0.1) is 11.6 Å². The molecule has 0 radical (unpaired) electrons. The molecule has 0 saturated carbocycles. The molecule has 0 aromatic rings. The zero-order valence-electron chi connectivity index (χ0n) is 7.21. The fourth-order valence-corrected chi connectivity index (χ4v) is 1.16. The van der Waals surface area contributed by atoms with Crippen LogP contribution in [0.2, 0.25) is 0 Å². The number of hydrogen-bond acceptors (Lipinski definition) is 2. The van der Waals surface area contributed by atoms with Crippen LogP contribution in [-0.4, -0.2) is 28.0 Å². The summed E-state index contributed by atoms with van der Waals surface area (Å²) in [7, 11) is 0. The number of carboxylic acid groups (broad SMARTS) is 2. The summed E-state index contributed by atoms with van der Waals surface area (Å²) in [6, 6.07) is 0. The zero-order chi connectivity index (χ0) is 10.4. The van der Waals surface area contributed by atoms with Gasteiger partial charge in [0.25, 0.3) is 0 Å². The van der Waals surface area contributed by atoms with Gasteiger partial charge in [0.05, 0.1) is 0 Å². The Balaban J connectivity index is 5.00. The molecule has 0 unspecified atom stereocenters. The van der Waals surface area contributed by atoms with E-state index < -0.39 is 11.9 Å². The van der Waals surface area contributed by atoms with Crippen molar-refractivity contribution < 1.29 is 19.8 Å². The molecule has 5 heteroatoms. The number of alkyl halides is 1. The highest BCUT2D eigenvalue weighted by Crippen LogP contribution is 2.13. The van der Waals surface area contributed by atoms with Crippen LogP contribution >= 0.6 is 11.6 Å². The highest BCUT2D eigenvalue weighted by atomic mass is 35.5. The van der Waals surface area contributed by atoms with E-state index >= 15 is 0 Å². The molecule has 0 aliphatic heterocycles. The Hall–Kier alpha value is -1.03. The maximum Gasteiger partial charge on any atom is 0.332 e. The van der Waals surface area contributed by atoms with Crippen LogP contribution in [0.5, 0.6) is 0 Å². The normalized spacial score (nSPS) is 12.2. The van der Waals surface area contributed by atoms with E-state index in [0.717, 1.165) is 0 Å². The van der Waals surface area contributed by atoms with Gasteiger partial charge in [0.2, 0.25) is 0 Å². The average molecular weight is 207 g/mol. The minimum Gasteiger partial charge on any atom is -0.478 e. The van der Waals surface area contributed by atoms with Gasteiger partial charge in [-0.1, -0.05) is 6.92 Å². The standard InChI is InChI=1S/C8H11ClO4/c1-2-5(7(10)11)6(3-4-9)8(12)13/h2-4H2,1H3,(H,10,11)(H,12,13)/b6-5-. The molecular weight excluding hydrogens is 196 g/mol. The van der Waals surface area contributed by atoms with Crippen LogP contribution < -0.4 is 0 Å². The second-order valence-electron chi connectivity index (χ2n) is 2.36. The second-order valence-corrected chi connectivity index (χ2v) is 2.74. The highest BCUT2D eigenvalue weighted by Gasteiger charge is 2.17. The van der Waals surface area contributed by atoms with Gasteiger partial charge in [-0.05, 0) is 12.8 Å². The maximum absolute atomic E-state index is 10.6. The van der Waals surface area contributed by atoms with Crippen molar-refractivity contribution in [3.63, 3.8) is 0 Å². The Morgan fingerprint density at radius 1 is 1.15 bits per heavy atom. The summed E-state index contributed by atoms with van der Waals surface area (Å²) in [5.74, 6) is -2.29. The fraction of sp³-hybridized carbons (Fsp3) is 0.500. The first-order valence-corrected chi connectivity index (χ1v) is 4.32. The Morgan fingerprint density at radius 2 is 1.62 bits per heavy atom. The third-order valence-electron chi connectivity index (χ3n) is 1.58. The zero-order valence-corrected chi connectivity index (χ0v) is 7.97. The molecule has 0 spiro atoms. The molecule has 0 amide bonds. The number of hydrogen-bond donors (Lipinski definition) is 2. The summed E-state index contributed by atoms with van der Waals surface area (Å²) < 4.78 is 0. The molecule has 0 bridgehead atoms. The lowest BCUT2D eigenvalue weighted by Crippen LogP contribution is -2.11. The van der Waals surface area contributed by atoms with E-state index in [1.54, 1.807) is 6.92 Å². The predicted octanol–water partition coefficient (Wildman–Crippen LogP) is 1.49. The number of carbonyl (C=O) groups is 2. The summed E-state index contributed by atoms with van der Waals surface area (Å²) in [5, 5.41) is 17.3. The van der Waals surface area contributed by atoms with Gasteiger partial charge in [0, 0.05) is 17.0 Å². The van der Waals surface area contributed by atoms with E-state index in [2.05, 4.69) is 0 Å². The summed E-state index contributed by atoms with van der Waals surface area (Å²) in [6.07, 6.45) is 0.264. The fourth-order valence-electron chi connectivity index (χ4n) is 0.975. The lowest BCUT2D eigenvalue weighted by atomic mass is 10.0. The van der Waals surface area contributed by atoms with E-state index in [1.807, 2.05) is 0 Å². The summed E-state index contributed by atoms with van der Waals surface area (Å²) in [5.41, 5.74) is -0.182. The Bertz CT molecular complexity index is 245. The highest BCUT2D eigenvalue weighted by molar-refractivity contribution is 6.18. The van der Waals surface area contributed by atoms with Crippen LogP contribution in [-0.2, 0) is 9.59 Å². The summed E-state index contributed by atoms with van der Waals surface area (Å²) >= 11 is 5.36. The van der Waals surface area contributed by atoms with Crippen LogP contribution in [0.1, 0.15) is 19.8 Å². The summed E-state index contributed by atoms with van der Waals surface area (Å²) in [6.45, 7) is 1.60. The predicted molar refractivity (Wildman–Crippen MR) is 47.9 cm³/mol. The first kappa shape index (κ1) is 12.0. The van der Waals surface area contributed by atoms with Crippen LogP contribution in [0.15, 0.2) is 11.1 Å². The minimum atomic E-state index is -1.21. The van der Waals surface area contributed by atoms with Crippen molar-refractivity contribution in [3.05, 3.63) is 11.1 Å². The molecular formula is C8H11ClO4. The molecule has 0 saturated heterocycles. The van der Waals surface area contributed by atoms with Crippen molar-refractivity contribution in [2.75, 3.05) is 5.88 Å². The van der Waals surface area contributed by atoms with Gasteiger partial charge in [0.15, 0.2) is 0 Å². The van der Waals surface area contributed by atoms with Gasteiger partial charge in [0.1, 0.15) is 0 Å². The molecule has 4 nitrogen and oxygen atoms in total. The Morgan fingerprint density at radius 3 is 1.85 bits per heavy atom. The van der Waals surface area contributed by atoms with Gasteiger partial charge in [-0.2, -0.15) is 0 Å². The van der Waals surface area contributed by atoms with E-state index in [-0.39, 0.29) is 29.9 Å². The van der Waals surface area contributed by atoms with Crippen LogP contribution in [0.3, 0.4) is 0 Å². The third kappa shape index (κ3) is 3.46. The molecule has 0 aromatic carbocycles. The van der Waals surface area contributed by atoms with Gasteiger partial charge < -0.3 is 10.2 Å². The average Bonchev–Trinajstić information content (AvgIpc) is 2.03. The SMILES string of the molecule is CC/C(C(=O)O)=C(\CCCl)C(=O)O. The van der Waals surface area contributed by atoms with Gasteiger partial charge in [-0.3, -0.25) is 0 Å². The van der Waals surface area contributed by atoms with Crippen molar-refractivity contribution in [2.45, 2.75) is 19.8 Å². The van der Waals surface area contributed by atoms with Gasteiger partial charge in [-0.25, -0.2) is 9.59 Å². The van der Waals surface area contributed by atoms with Crippen LogP contribution in [0, 0.1) is 0 Å². The van der Waals surface area contributed by atoms with E-state index in [1.165, 1.54) is 0 Å². The van der Waals surface area contributed by atoms with E-state index in [0.29, 0.717) is 0 Å². The molecule has 74 valence electrons. The Labute approximate surface area is 80.8 Å². The van der Waals surface area contributed by atoms with Crippen molar-refractivity contribution in [1.82, 2.24) is 0 Å². The number of aliphatic carboxylic acids is 2. The van der Waals surface area contributed by atoms with Crippen LogP contribution in [0.4, 0.5) is 0 Å². The van der Waals surface area contributed by atoms with Gasteiger partial charge >= 0.3 is 11.9 Å². The topological polar surface area (TPSA) is 74.6 Å². The largest absolute Gasteiger partial charge is 0.478 e. The number of halogens is 1. The monoisotopic (exact) mass is 206 g/mol. The van der Waals surface area contributed by atoms with Crippen LogP contribution in [0.25, 0.3) is 0 Å². The van der Waals surface area contributed by atoms with Crippen molar-refractivity contribution >= 4 is 23.5 Å². The smallest absolute Gasteiger partial charge is 0.332 e. The lowest BCUT2D eigenvalue weighted by molar-refractivity contribution is -0.136. The molecule has 0 rings (SSSR count). The molecule has 0 fully saturated rings. The molecule has 0 heterocycles.